The zero-order valence-corrected chi connectivity index (χ0v) is 9.60. The van der Waals surface area contributed by atoms with Gasteiger partial charge in [0.25, 0.3) is 0 Å². The van der Waals surface area contributed by atoms with Crippen molar-refractivity contribution < 1.29 is 4.79 Å². The smallest absolute Gasteiger partial charge is 0.223 e. The highest BCUT2D eigenvalue weighted by Gasteiger charge is 2.28. The van der Waals surface area contributed by atoms with Gasteiger partial charge >= 0.3 is 0 Å². The number of hydrogen-bond acceptors (Lipinski definition) is 2. The first-order valence-corrected chi connectivity index (χ1v) is 6.03. The summed E-state index contributed by atoms with van der Waals surface area (Å²) in [7, 11) is 0. The second-order valence-corrected chi connectivity index (χ2v) is 4.51. The van der Waals surface area contributed by atoms with Crippen LogP contribution in [0.3, 0.4) is 0 Å². The van der Waals surface area contributed by atoms with E-state index in [1.165, 1.54) is 0 Å². The fourth-order valence-corrected chi connectivity index (χ4v) is 1.91. The van der Waals surface area contributed by atoms with Crippen molar-refractivity contribution in [1.29, 1.82) is 0 Å². The predicted molar refractivity (Wildman–Crippen MR) is 64.6 cm³/mol. The highest BCUT2D eigenvalue weighted by Crippen LogP contribution is 2.28. The van der Waals surface area contributed by atoms with E-state index < -0.39 is 0 Å². The summed E-state index contributed by atoms with van der Waals surface area (Å²) in [6.45, 7) is 0.680. The van der Waals surface area contributed by atoms with Crippen LogP contribution in [-0.4, -0.2) is 21.8 Å². The molecule has 1 N–H and O–H groups in total. The number of rotatable bonds is 4. The normalized spacial score (nSPS) is 15.1. The molecule has 0 atom stereocenters. The molecule has 88 valence electrons. The van der Waals surface area contributed by atoms with E-state index in [4.69, 9.17) is 0 Å². The van der Waals surface area contributed by atoms with Gasteiger partial charge in [-0.1, -0.05) is 6.07 Å². The lowest BCUT2D eigenvalue weighted by molar-refractivity contribution is -0.122. The van der Waals surface area contributed by atoms with Gasteiger partial charge in [-0.3, -0.25) is 4.79 Å². The Morgan fingerprint density at radius 3 is 3.12 bits per heavy atom. The molecule has 2 aromatic rings. The molecule has 2 heterocycles. The number of nitrogens with zero attached hydrogens (tertiary/aromatic N) is 2. The van der Waals surface area contributed by atoms with E-state index in [9.17, 15) is 4.79 Å². The van der Waals surface area contributed by atoms with E-state index in [0.29, 0.717) is 6.54 Å². The minimum atomic E-state index is 0.203. The van der Waals surface area contributed by atoms with Crippen LogP contribution in [0.25, 0.3) is 5.65 Å². The van der Waals surface area contributed by atoms with Crippen LogP contribution in [0.4, 0.5) is 0 Å². The molecule has 1 aliphatic carbocycles. The Bertz CT molecular complexity index is 509. The van der Waals surface area contributed by atoms with Crippen LogP contribution in [0.15, 0.2) is 30.6 Å². The number of imidazole rings is 1. The average Bonchev–Trinajstić information content (AvgIpc) is 3.09. The monoisotopic (exact) mass is 229 g/mol. The Hall–Kier alpha value is -1.84. The lowest BCUT2D eigenvalue weighted by Gasteiger charge is -2.01. The van der Waals surface area contributed by atoms with Gasteiger partial charge in [-0.15, -0.1) is 0 Å². The SMILES string of the molecule is O=C(NCCc1cn2ccccc2n1)C1CC1. The molecule has 0 bridgehead atoms. The Morgan fingerprint density at radius 1 is 1.47 bits per heavy atom. The van der Waals surface area contributed by atoms with Gasteiger partial charge in [0.2, 0.25) is 5.91 Å². The van der Waals surface area contributed by atoms with Crippen LogP contribution >= 0.6 is 0 Å². The van der Waals surface area contributed by atoms with Gasteiger partial charge in [0.15, 0.2) is 0 Å². The molecular weight excluding hydrogens is 214 g/mol. The van der Waals surface area contributed by atoms with E-state index >= 15 is 0 Å². The van der Waals surface area contributed by atoms with Gasteiger partial charge in [-0.05, 0) is 25.0 Å². The van der Waals surface area contributed by atoms with Crippen LogP contribution in [0.5, 0.6) is 0 Å². The van der Waals surface area contributed by atoms with Gasteiger partial charge in [-0.2, -0.15) is 0 Å². The van der Waals surface area contributed by atoms with E-state index in [0.717, 1.165) is 30.6 Å². The molecule has 0 aliphatic heterocycles. The highest BCUT2D eigenvalue weighted by atomic mass is 16.2. The van der Waals surface area contributed by atoms with E-state index in [1.807, 2.05) is 35.0 Å². The molecule has 0 saturated heterocycles. The van der Waals surface area contributed by atoms with Gasteiger partial charge in [-0.25, -0.2) is 4.98 Å². The molecule has 1 fully saturated rings. The number of carbonyl (C=O) groups excluding carboxylic acids is 1. The Labute approximate surface area is 99.7 Å². The van der Waals surface area contributed by atoms with Crippen LogP contribution in [0, 0.1) is 5.92 Å². The summed E-state index contributed by atoms with van der Waals surface area (Å²) in [5, 5.41) is 2.95. The molecule has 1 amide bonds. The summed E-state index contributed by atoms with van der Waals surface area (Å²) >= 11 is 0. The van der Waals surface area contributed by atoms with Gasteiger partial charge in [0.1, 0.15) is 5.65 Å². The average molecular weight is 229 g/mol. The molecule has 4 heteroatoms. The topological polar surface area (TPSA) is 46.4 Å². The van der Waals surface area contributed by atoms with Crippen molar-refractivity contribution in [2.45, 2.75) is 19.3 Å². The predicted octanol–water partition coefficient (Wildman–Crippen LogP) is 1.40. The molecular formula is C13H15N3O. The third-order valence-electron chi connectivity index (χ3n) is 3.04. The maximum atomic E-state index is 11.4. The lowest BCUT2D eigenvalue weighted by Crippen LogP contribution is -2.26. The van der Waals surface area contributed by atoms with Gasteiger partial charge in [0, 0.05) is 31.3 Å². The van der Waals surface area contributed by atoms with E-state index in [2.05, 4.69) is 10.3 Å². The second-order valence-electron chi connectivity index (χ2n) is 4.51. The quantitative estimate of drug-likeness (QED) is 0.861. The highest BCUT2D eigenvalue weighted by molar-refractivity contribution is 5.80. The summed E-state index contributed by atoms with van der Waals surface area (Å²) in [4.78, 5) is 15.9. The van der Waals surface area contributed by atoms with Crippen molar-refractivity contribution in [3.63, 3.8) is 0 Å². The largest absolute Gasteiger partial charge is 0.355 e. The van der Waals surface area contributed by atoms with Crippen molar-refractivity contribution in [2.24, 2.45) is 5.92 Å². The molecule has 0 radical (unpaired) electrons. The zero-order valence-electron chi connectivity index (χ0n) is 9.60. The number of carbonyl (C=O) groups is 1. The Balaban J connectivity index is 1.58. The minimum absolute atomic E-state index is 0.203. The molecule has 1 aliphatic rings. The number of aromatic nitrogens is 2. The fourth-order valence-electron chi connectivity index (χ4n) is 1.91. The van der Waals surface area contributed by atoms with Crippen LogP contribution < -0.4 is 5.32 Å². The van der Waals surface area contributed by atoms with E-state index in [-0.39, 0.29) is 11.8 Å². The third-order valence-corrected chi connectivity index (χ3v) is 3.04. The molecule has 1 saturated carbocycles. The molecule has 4 nitrogen and oxygen atoms in total. The van der Waals surface area contributed by atoms with Crippen molar-refractivity contribution in [2.75, 3.05) is 6.54 Å². The van der Waals surface area contributed by atoms with Crippen LogP contribution in [-0.2, 0) is 11.2 Å². The fraction of sp³-hybridized carbons (Fsp3) is 0.385. The van der Waals surface area contributed by atoms with Crippen LogP contribution in [0.2, 0.25) is 0 Å². The zero-order chi connectivity index (χ0) is 11.7. The van der Waals surface area contributed by atoms with Crippen molar-refractivity contribution in [3.05, 3.63) is 36.3 Å². The van der Waals surface area contributed by atoms with Gasteiger partial charge < -0.3 is 9.72 Å². The summed E-state index contributed by atoms with van der Waals surface area (Å²) in [6.07, 6.45) is 6.90. The third kappa shape index (κ3) is 2.30. The first-order chi connectivity index (χ1) is 8.33. The Kier molecular flexibility index (Phi) is 2.55. The first kappa shape index (κ1) is 10.3. The number of hydrogen-bond donors (Lipinski definition) is 1. The number of nitrogens with one attached hydrogen (secondary N) is 1. The summed E-state index contributed by atoms with van der Waals surface area (Å²) in [5.74, 6) is 0.491. The summed E-state index contributed by atoms with van der Waals surface area (Å²) < 4.78 is 2.00. The van der Waals surface area contributed by atoms with Crippen LogP contribution in [0.1, 0.15) is 18.5 Å². The minimum Gasteiger partial charge on any atom is -0.355 e. The maximum absolute atomic E-state index is 11.4. The van der Waals surface area contributed by atoms with Crippen molar-refractivity contribution >= 4 is 11.6 Å². The molecule has 3 rings (SSSR count). The molecule has 17 heavy (non-hydrogen) atoms. The van der Waals surface area contributed by atoms with Gasteiger partial charge in [0.05, 0.1) is 5.69 Å². The van der Waals surface area contributed by atoms with Crippen molar-refractivity contribution in [3.8, 4) is 0 Å². The summed E-state index contributed by atoms with van der Waals surface area (Å²) in [5.41, 5.74) is 1.98. The Morgan fingerprint density at radius 2 is 2.35 bits per heavy atom. The lowest BCUT2D eigenvalue weighted by atomic mass is 10.3. The number of pyridine rings is 1. The van der Waals surface area contributed by atoms with E-state index in [1.54, 1.807) is 0 Å². The maximum Gasteiger partial charge on any atom is 0.223 e. The molecule has 0 unspecified atom stereocenters. The molecule has 0 aromatic carbocycles. The number of amides is 1. The molecule has 0 spiro atoms. The second kappa shape index (κ2) is 4.20. The number of fused-ring (bicyclic) bond motifs is 1. The summed E-state index contributed by atoms with van der Waals surface area (Å²) in [6, 6.07) is 5.93. The van der Waals surface area contributed by atoms with Crippen molar-refractivity contribution in [1.82, 2.24) is 14.7 Å². The standard InChI is InChI=1S/C13H15N3O/c17-13(10-4-5-10)14-7-6-11-9-16-8-2-1-3-12(16)15-11/h1-3,8-10H,4-7H2,(H,14,17). The first-order valence-electron chi connectivity index (χ1n) is 6.03. The molecule has 2 aromatic heterocycles.